The number of hydrogen-bond acceptors (Lipinski definition) is 1. The average molecular weight is 337 g/mol. The predicted octanol–water partition coefficient (Wildman–Crippen LogP) is 4.22. The van der Waals surface area contributed by atoms with Gasteiger partial charge in [0.15, 0.2) is 0 Å². The van der Waals surface area contributed by atoms with Crippen LogP contribution in [0.2, 0.25) is 0 Å². The zero-order chi connectivity index (χ0) is 14.5. The number of anilines is 1. The zero-order valence-corrected chi connectivity index (χ0v) is 12.5. The second-order valence-electron chi connectivity index (χ2n) is 4.42. The molecule has 0 aliphatic rings. The van der Waals surface area contributed by atoms with Crippen LogP contribution in [0.3, 0.4) is 0 Å². The van der Waals surface area contributed by atoms with Gasteiger partial charge < -0.3 is 10.6 Å². The summed E-state index contributed by atoms with van der Waals surface area (Å²) >= 11 is 3.39. The van der Waals surface area contributed by atoms with Gasteiger partial charge in [-0.3, -0.25) is 0 Å². The number of hydrogen-bond donors (Lipinski definition) is 2. The molecular formula is C15H14BrFN2O. The molecule has 0 unspecified atom stereocenters. The Kier molecular flexibility index (Phi) is 4.74. The van der Waals surface area contributed by atoms with Gasteiger partial charge in [0.05, 0.1) is 5.69 Å². The van der Waals surface area contributed by atoms with E-state index in [1.165, 1.54) is 12.1 Å². The van der Waals surface area contributed by atoms with E-state index in [0.29, 0.717) is 11.3 Å². The van der Waals surface area contributed by atoms with Crippen molar-refractivity contribution in [2.75, 3.05) is 5.32 Å². The van der Waals surface area contributed by atoms with Crippen LogP contribution in [0.5, 0.6) is 0 Å². The van der Waals surface area contributed by atoms with Gasteiger partial charge in [-0.15, -0.1) is 0 Å². The Morgan fingerprint density at radius 3 is 2.75 bits per heavy atom. The molecular weight excluding hydrogens is 323 g/mol. The van der Waals surface area contributed by atoms with Crippen LogP contribution >= 0.6 is 15.9 Å². The molecule has 104 valence electrons. The van der Waals surface area contributed by atoms with E-state index in [0.717, 1.165) is 10.0 Å². The maximum absolute atomic E-state index is 13.0. The Morgan fingerprint density at radius 2 is 2.05 bits per heavy atom. The summed E-state index contributed by atoms with van der Waals surface area (Å²) in [4.78, 5) is 11.8. The van der Waals surface area contributed by atoms with Crippen molar-refractivity contribution in [3.8, 4) is 0 Å². The fraction of sp³-hybridized carbons (Fsp3) is 0.133. The molecule has 0 heterocycles. The fourth-order valence-electron chi connectivity index (χ4n) is 1.72. The fourth-order valence-corrected chi connectivity index (χ4v) is 2.31. The van der Waals surface area contributed by atoms with Gasteiger partial charge in [0.2, 0.25) is 0 Å². The molecule has 0 fully saturated rings. The first-order valence-electron chi connectivity index (χ1n) is 6.10. The summed E-state index contributed by atoms with van der Waals surface area (Å²) in [5.74, 6) is -0.314. The lowest BCUT2D eigenvalue weighted by atomic mass is 10.2. The number of urea groups is 1. The molecule has 0 aliphatic carbocycles. The van der Waals surface area contributed by atoms with E-state index in [4.69, 9.17) is 0 Å². The standard InChI is InChI=1S/C15H14BrFN2O/c1-10-5-6-14(13(16)7-10)19-15(20)18-9-11-3-2-4-12(17)8-11/h2-8H,9H2,1H3,(H2,18,19,20). The third-order valence-electron chi connectivity index (χ3n) is 2.71. The molecule has 2 N–H and O–H groups in total. The molecule has 5 heteroatoms. The molecule has 3 nitrogen and oxygen atoms in total. The molecule has 2 aromatic carbocycles. The third-order valence-corrected chi connectivity index (χ3v) is 3.37. The molecule has 0 aliphatic heterocycles. The van der Waals surface area contributed by atoms with Gasteiger partial charge in [0.1, 0.15) is 5.82 Å². The minimum atomic E-state index is -0.334. The molecule has 20 heavy (non-hydrogen) atoms. The largest absolute Gasteiger partial charge is 0.334 e. The van der Waals surface area contributed by atoms with Gasteiger partial charge in [-0.05, 0) is 58.2 Å². The summed E-state index contributed by atoms with van der Waals surface area (Å²) in [6.45, 7) is 2.24. The first-order chi connectivity index (χ1) is 9.54. The molecule has 0 radical (unpaired) electrons. The monoisotopic (exact) mass is 336 g/mol. The van der Waals surface area contributed by atoms with Crippen molar-refractivity contribution in [1.82, 2.24) is 5.32 Å². The summed E-state index contributed by atoms with van der Waals surface area (Å²) in [7, 11) is 0. The highest BCUT2D eigenvalue weighted by Gasteiger charge is 2.05. The van der Waals surface area contributed by atoms with Crippen molar-refractivity contribution in [2.45, 2.75) is 13.5 Å². The Hall–Kier alpha value is -1.88. The maximum Gasteiger partial charge on any atom is 0.319 e. The molecule has 2 rings (SSSR count). The van der Waals surface area contributed by atoms with Crippen molar-refractivity contribution in [2.24, 2.45) is 0 Å². The lowest BCUT2D eigenvalue weighted by molar-refractivity contribution is 0.251. The van der Waals surface area contributed by atoms with Gasteiger partial charge in [0.25, 0.3) is 0 Å². The van der Waals surface area contributed by atoms with Gasteiger partial charge in [-0.1, -0.05) is 18.2 Å². The van der Waals surface area contributed by atoms with Gasteiger partial charge in [0, 0.05) is 11.0 Å². The molecule has 0 saturated carbocycles. The molecule has 2 aromatic rings. The van der Waals surface area contributed by atoms with E-state index in [2.05, 4.69) is 26.6 Å². The molecule has 0 saturated heterocycles. The minimum Gasteiger partial charge on any atom is -0.334 e. The minimum absolute atomic E-state index is 0.271. The third kappa shape index (κ3) is 4.06. The number of aryl methyl sites for hydroxylation is 1. The lowest BCUT2D eigenvalue weighted by Crippen LogP contribution is -2.28. The summed E-state index contributed by atoms with van der Waals surface area (Å²) in [5.41, 5.74) is 2.50. The van der Waals surface area contributed by atoms with Crippen LogP contribution in [0.25, 0.3) is 0 Å². The number of carbonyl (C=O) groups excluding carboxylic acids is 1. The van der Waals surface area contributed by atoms with E-state index in [-0.39, 0.29) is 18.4 Å². The van der Waals surface area contributed by atoms with Gasteiger partial charge in [-0.25, -0.2) is 9.18 Å². The topological polar surface area (TPSA) is 41.1 Å². The van der Waals surface area contributed by atoms with Crippen molar-refractivity contribution >= 4 is 27.6 Å². The second kappa shape index (κ2) is 6.52. The second-order valence-corrected chi connectivity index (χ2v) is 5.28. The summed E-state index contributed by atoms with van der Waals surface area (Å²) in [5, 5.41) is 5.41. The van der Waals surface area contributed by atoms with Gasteiger partial charge >= 0.3 is 6.03 Å². The van der Waals surface area contributed by atoms with E-state index in [1.807, 2.05) is 25.1 Å². The number of benzene rings is 2. The summed E-state index contributed by atoms with van der Waals surface area (Å²) < 4.78 is 13.8. The number of halogens is 2. The van der Waals surface area contributed by atoms with Crippen LogP contribution in [0.4, 0.5) is 14.9 Å². The van der Waals surface area contributed by atoms with Crippen molar-refractivity contribution in [3.05, 3.63) is 63.9 Å². The normalized spacial score (nSPS) is 10.2. The molecule has 0 bridgehead atoms. The van der Waals surface area contributed by atoms with Crippen molar-refractivity contribution in [3.63, 3.8) is 0 Å². The van der Waals surface area contributed by atoms with E-state index in [1.54, 1.807) is 12.1 Å². The zero-order valence-electron chi connectivity index (χ0n) is 10.9. The highest BCUT2D eigenvalue weighted by molar-refractivity contribution is 9.10. The first kappa shape index (κ1) is 14.5. The number of amides is 2. The van der Waals surface area contributed by atoms with Crippen LogP contribution in [0.15, 0.2) is 46.9 Å². The van der Waals surface area contributed by atoms with Crippen molar-refractivity contribution < 1.29 is 9.18 Å². The Morgan fingerprint density at radius 1 is 1.25 bits per heavy atom. The molecule has 2 amide bonds. The Bertz CT molecular complexity index is 631. The SMILES string of the molecule is Cc1ccc(NC(=O)NCc2cccc(F)c2)c(Br)c1. The smallest absolute Gasteiger partial charge is 0.319 e. The van der Waals surface area contributed by atoms with E-state index >= 15 is 0 Å². The molecule has 0 atom stereocenters. The highest BCUT2D eigenvalue weighted by atomic mass is 79.9. The van der Waals surface area contributed by atoms with E-state index in [9.17, 15) is 9.18 Å². The maximum atomic E-state index is 13.0. The Balaban J connectivity index is 1.92. The van der Waals surface area contributed by atoms with Crippen LogP contribution < -0.4 is 10.6 Å². The highest BCUT2D eigenvalue weighted by Crippen LogP contribution is 2.23. The number of nitrogens with one attached hydrogen (secondary N) is 2. The quantitative estimate of drug-likeness (QED) is 0.865. The predicted molar refractivity (Wildman–Crippen MR) is 81.1 cm³/mol. The van der Waals surface area contributed by atoms with Crippen LogP contribution in [-0.2, 0) is 6.54 Å². The lowest BCUT2D eigenvalue weighted by Gasteiger charge is -2.09. The van der Waals surface area contributed by atoms with Crippen molar-refractivity contribution in [1.29, 1.82) is 0 Å². The molecule has 0 spiro atoms. The Labute approximate surface area is 125 Å². The van der Waals surface area contributed by atoms with Gasteiger partial charge in [-0.2, -0.15) is 0 Å². The summed E-state index contributed by atoms with van der Waals surface area (Å²) in [6, 6.07) is 11.4. The van der Waals surface area contributed by atoms with E-state index < -0.39 is 0 Å². The molecule has 0 aromatic heterocycles. The number of rotatable bonds is 3. The van der Waals surface area contributed by atoms with Crippen LogP contribution in [0, 0.1) is 12.7 Å². The first-order valence-corrected chi connectivity index (χ1v) is 6.89. The summed E-state index contributed by atoms with van der Waals surface area (Å²) in [6.07, 6.45) is 0. The van der Waals surface area contributed by atoms with Crippen LogP contribution in [0.1, 0.15) is 11.1 Å². The average Bonchev–Trinajstić information content (AvgIpc) is 2.40. The number of carbonyl (C=O) groups is 1. The van der Waals surface area contributed by atoms with Crippen LogP contribution in [-0.4, -0.2) is 6.03 Å².